The van der Waals surface area contributed by atoms with E-state index in [1.165, 1.54) is 6.92 Å². The minimum atomic E-state index is -0.566. The standard InChI is InChI=1S/C8H9N3O4/c1-5-7(11(13)14)4-9-10(5)15-8(12)6-2-3-6/h4,6H,2-3H2,1H3. The molecule has 1 aromatic heterocycles. The van der Waals surface area contributed by atoms with E-state index in [-0.39, 0.29) is 23.3 Å². The van der Waals surface area contributed by atoms with Crippen LogP contribution in [0.1, 0.15) is 18.5 Å². The van der Waals surface area contributed by atoms with E-state index in [1.54, 1.807) is 0 Å². The molecule has 0 radical (unpaired) electrons. The Bertz CT molecular complexity index is 422. The molecule has 1 fully saturated rings. The van der Waals surface area contributed by atoms with Crippen LogP contribution < -0.4 is 4.84 Å². The Balaban J connectivity index is 2.14. The zero-order valence-corrected chi connectivity index (χ0v) is 8.04. The molecule has 80 valence electrons. The molecular formula is C8H9N3O4. The van der Waals surface area contributed by atoms with Crippen molar-refractivity contribution >= 4 is 11.7 Å². The zero-order chi connectivity index (χ0) is 11.0. The second-order valence-corrected chi connectivity index (χ2v) is 3.43. The van der Waals surface area contributed by atoms with Crippen molar-refractivity contribution in [3.8, 4) is 0 Å². The lowest BCUT2D eigenvalue weighted by Gasteiger charge is -2.02. The summed E-state index contributed by atoms with van der Waals surface area (Å²) < 4.78 is 0. The van der Waals surface area contributed by atoms with Crippen LogP contribution in [0, 0.1) is 23.0 Å². The smallest absolute Gasteiger partial charge is 0.319 e. The van der Waals surface area contributed by atoms with E-state index in [2.05, 4.69) is 5.10 Å². The van der Waals surface area contributed by atoms with Crippen LogP contribution in [0.2, 0.25) is 0 Å². The molecule has 0 aliphatic heterocycles. The van der Waals surface area contributed by atoms with Gasteiger partial charge < -0.3 is 4.84 Å². The SMILES string of the molecule is Cc1c([N+](=O)[O-])cnn1OC(=O)C1CC1. The molecule has 0 saturated heterocycles. The Kier molecular flexibility index (Phi) is 2.14. The van der Waals surface area contributed by atoms with E-state index in [1.807, 2.05) is 0 Å². The Labute approximate surface area is 84.7 Å². The molecule has 1 aromatic rings. The van der Waals surface area contributed by atoms with E-state index < -0.39 is 4.92 Å². The van der Waals surface area contributed by atoms with E-state index in [0.717, 1.165) is 23.9 Å². The number of carbonyl (C=O) groups is 1. The molecule has 7 nitrogen and oxygen atoms in total. The van der Waals surface area contributed by atoms with Crippen molar-refractivity contribution in [1.82, 2.24) is 9.94 Å². The van der Waals surface area contributed by atoms with Crippen molar-refractivity contribution < 1.29 is 14.6 Å². The topological polar surface area (TPSA) is 87.3 Å². The van der Waals surface area contributed by atoms with Crippen LogP contribution >= 0.6 is 0 Å². The van der Waals surface area contributed by atoms with Gasteiger partial charge in [0, 0.05) is 0 Å². The summed E-state index contributed by atoms with van der Waals surface area (Å²) in [4.78, 5) is 26.9. The molecule has 0 atom stereocenters. The third-order valence-electron chi connectivity index (χ3n) is 2.23. The third kappa shape index (κ3) is 1.80. The first-order valence-electron chi connectivity index (χ1n) is 4.51. The van der Waals surface area contributed by atoms with Crippen LogP contribution in [0.3, 0.4) is 0 Å². The zero-order valence-electron chi connectivity index (χ0n) is 8.04. The highest BCUT2D eigenvalue weighted by atomic mass is 16.7. The minimum Gasteiger partial charge on any atom is -0.319 e. The molecule has 1 saturated carbocycles. The molecule has 0 N–H and O–H groups in total. The number of hydrogen-bond donors (Lipinski definition) is 0. The average Bonchev–Trinajstić information content (AvgIpc) is 2.94. The van der Waals surface area contributed by atoms with Gasteiger partial charge in [-0.25, -0.2) is 4.79 Å². The molecule has 1 aliphatic rings. The molecule has 15 heavy (non-hydrogen) atoms. The lowest BCUT2D eigenvalue weighted by Crippen LogP contribution is -2.23. The Hall–Kier alpha value is -1.92. The van der Waals surface area contributed by atoms with Gasteiger partial charge in [-0.1, -0.05) is 4.85 Å². The number of aromatic nitrogens is 2. The van der Waals surface area contributed by atoms with Gasteiger partial charge in [0.2, 0.25) is 0 Å². The van der Waals surface area contributed by atoms with Crippen molar-refractivity contribution in [1.29, 1.82) is 0 Å². The molecular weight excluding hydrogens is 202 g/mol. The van der Waals surface area contributed by atoms with Crippen molar-refractivity contribution in [2.24, 2.45) is 5.92 Å². The van der Waals surface area contributed by atoms with Crippen molar-refractivity contribution in [3.63, 3.8) is 0 Å². The maximum Gasteiger partial charge on any atom is 0.338 e. The van der Waals surface area contributed by atoms with Crippen LogP contribution in [0.25, 0.3) is 0 Å². The fourth-order valence-electron chi connectivity index (χ4n) is 1.14. The predicted octanol–water partition coefficient (Wildman–Crippen LogP) is 0.465. The maximum atomic E-state index is 11.3. The number of nitro groups is 1. The van der Waals surface area contributed by atoms with Gasteiger partial charge in [0.25, 0.3) is 0 Å². The van der Waals surface area contributed by atoms with Gasteiger partial charge in [-0.15, -0.1) is 5.10 Å². The number of carbonyl (C=O) groups excluding carboxylic acids is 1. The quantitative estimate of drug-likeness (QED) is 0.535. The van der Waals surface area contributed by atoms with E-state index in [9.17, 15) is 14.9 Å². The van der Waals surface area contributed by atoms with E-state index in [4.69, 9.17) is 4.84 Å². The second-order valence-electron chi connectivity index (χ2n) is 3.43. The van der Waals surface area contributed by atoms with Crippen LogP contribution in [-0.4, -0.2) is 20.8 Å². The van der Waals surface area contributed by atoms with Gasteiger partial charge in [0.1, 0.15) is 6.20 Å². The van der Waals surface area contributed by atoms with Gasteiger partial charge in [-0.05, 0) is 19.8 Å². The molecule has 1 aliphatic carbocycles. The van der Waals surface area contributed by atoms with Gasteiger partial charge in [0.05, 0.1) is 10.8 Å². The van der Waals surface area contributed by atoms with Crippen LogP contribution in [0.15, 0.2) is 6.20 Å². The summed E-state index contributed by atoms with van der Waals surface area (Å²) in [6, 6.07) is 0. The maximum absolute atomic E-state index is 11.3. The summed E-state index contributed by atoms with van der Waals surface area (Å²) in [5.74, 6) is -0.441. The van der Waals surface area contributed by atoms with Gasteiger partial charge >= 0.3 is 11.7 Å². The van der Waals surface area contributed by atoms with Crippen molar-refractivity contribution in [3.05, 3.63) is 22.0 Å². The summed E-state index contributed by atoms with van der Waals surface area (Å²) in [5.41, 5.74) is 0.0626. The summed E-state index contributed by atoms with van der Waals surface area (Å²) in [6.07, 6.45) is 2.71. The van der Waals surface area contributed by atoms with Crippen molar-refractivity contribution in [2.75, 3.05) is 0 Å². The second kappa shape index (κ2) is 3.34. The predicted molar refractivity (Wildman–Crippen MR) is 47.9 cm³/mol. The first-order valence-corrected chi connectivity index (χ1v) is 4.51. The molecule has 0 aromatic carbocycles. The van der Waals surface area contributed by atoms with Crippen LogP contribution in [0.4, 0.5) is 5.69 Å². The third-order valence-corrected chi connectivity index (χ3v) is 2.23. The molecule has 0 bridgehead atoms. The first-order chi connectivity index (χ1) is 7.09. The molecule has 2 rings (SSSR count). The highest BCUT2D eigenvalue weighted by Crippen LogP contribution is 2.29. The monoisotopic (exact) mass is 211 g/mol. The Morgan fingerprint density at radius 2 is 2.40 bits per heavy atom. The molecule has 1 heterocycles. The summed E-state index contributed by atoms with van der Waals surface area (Å²) in [5, 5.41) is 14.1. The van der Waals surface area contributed by atoms with Gasteiger partial charge in [0.15, 0.2) is 5.69 Å². The van der Waals surface area contributed by atoms with Gasteiger partial charge in [-0.2, -0.15) is 0 Å². The first kappa shape index (κ1) is 9.63. The van der Waals surface area contributed by atoms with E-state index in [0.29, 0.717) is 0 Å². The highest BCUT2D eigenvalue weighted by Gasteiger charge is 2.33. The minimum absolute atomic E-state index is 0.0624. The van der Waals surface area contributed by atoms with Crippen LogP contribution in [0.5, 0.6) is 0 Å². The number of hydrogen-bond acceptors (Lipinski definition) is 5. The van der Waals surface area contributed by atoms with Crippen molar-refractivity contribution in [2.45, 2.75) is 19.8 Å². The lowest BCUT2D eigenvalue weighted by atomic mass is 10.4. The van der Waals surface area contributed by atoms with Crippen LogP contribution in [-0.2, 0) is 4.79 Å². The Morgan fingerprint density at radius 1 is 1.73 bits per heavy atom. The average molecular weight is 211 g/mol. The van der Waals surface area contributed by atoms with E-state index >= 15 is 0 Å². The van der Waals surface area contributed by atoms with Gasteiger partial charge in [-0.3, -0.25) is 10.1 Å². The molecule has 0 unspecified atom stereocenters. The summed E-state index contributed by atoms with van der Waals surface area (Å²) in [6.45, 7) is 1.48. The number of nitrogens with zero attached hydrogens (tertiary/aromatic N) is 3. The molecule has 0 amide bonds. The fraction of sp³-hybridized carbons (Fsp3) is 0.500. The molecule has 0 spiro atoms. The summed E-state index contributed by atoms with van der Waals surface area (Å²) >= 11 is 0. The summed E-state index contributed by atoms with van der Waals surface area (Å²) in [7, 11) is 0. The fourth-order valence-corrected chi connectivity index (χ4v) is 1.14. The molecule has 7 heteroatoms. The number of rotatable bonds is 3. The normalized spacial score (nSPS) is 15.0. The Morgan fingerprint density at radius 3 is 2.87 bits per heavy atom. The largest absolute Gasteiger partial charge is 0.338 e. The highest BCUT2D eigenvalue weighted by molar-refractivity contribution is 5.75. The lowest BCUT2D eigenvalue weighted by molar-refractivity contribution is -0.385.